The third-order valence-corrected chi connectivity index (χ3v) is 1.72. The average Bonchev–Trinajstić information content (AvgIpc) is 2.18. The number of rotatable bonds is 3. The van der Waals surface area contributed by atoms with E-state index in [1.807, 2.05) is 6.07 Å². The lowest BCUT2D eigenvalue weighted by Gasteiger charge is -1.98. The molecule has 1 rings (SSSR count). The number of aldehydes is 1. The Morgan fingerprint density at radius 1 is 1.57 bits per heavy atom. The van der Waals surface area contributed by atoms with Gasteiger partial charge in [0.15, 0.2) is 0 Å². The van der Waals surface area contributed by atoms with Crippen LogP contribution < -0.4 is 0 Å². The van der Waals surface area contributed by atoms with Crippen LogP contribution in [0.5, 0.6) is 0 Å². The molecule has 0 saturated carbocycles. The maximum absolute atomic E-state index is 10.4. The van der Waals surface area contributed by atoms with Gasteiger partial charge < -0.3 is 4.79 Å². The first-order valence-corrected chi connectivity index (χ1v) is 3.80. The second kappa shape index (κ2) is 4.14. The van der Waals surface area contributed by atoms with Crippen LogP contribution in [0.2, 0.25) is 0 Å². The van der Waals surface area contributed by atoms with E-state index in [9.17, 15) is 14.9 Å². The van der Waals surface area contributed by atoms with Gasteiger partial charge in [-0.25, -0.2) is 0 Å². The highest BCUT2D eigenvalue weighted by Crippen LogP contribution is 2.17. The maximum Gasteiger partial charge on any atom is 0.269 e. The summed E-state index contributed by atoms with van der Waals surface area (Å²) >= 11 is 0. The molecule has 0 spiro atoms. The summed E-state index contributed by atoms with van der Waals surface area (Å²) in [5, 5.41) is 19.0. The number of nitriles is 1. The van der Waals surface area contributed by atoms with Crippen LogP contribution in [0.3, 0.4) is 0 Å². The molecule has 0 aliphatic heterocycles. The molecule has 0 radical (unpaired) electrons. The summed E-state index contributed by atoms with van der Waals surface area (Å²) in [7, 11) is 0. The Morgan fingerprint density at radius 3 is 2.79 bits per heavy atom. The normalized spacial score (nSPS) is 9.07. The first kappa shape index (κ1) is 9.86. The molecule has 0 saturated heterocycles. The number of non-ortho nitro benzene ring substituents is 1. The summed E-state index contributed by atoms with van der Waals surface area (Å²) in [6, 6.07) is 5.70. The first-order chi connectivity index (χ1) is 6.69. The van der Waals surface area contributed by atoms with Gasteiger partial charge in [-0.05, 0) is 11.6 Å². The lowest BCUT2D eigenvalue weighted by Crippen LogP contribution is -1.95. The predicted octanol–water partition coefficient (Wildman–Crippen LogP) is 1.21. The van der Waals surface area contributed by atoms with Crippen molar-refractivity contribution >= 4 is 12.0 Å². The van der Waals surface area contributed by atoms with E-state index in [-0.39, 0.29) is 12.1 Å². The molecule has 5 nitrogen and oxygen atoms in total. The Kier molecular flexibility index (Phi) is 2.92. The molecule has 0 amide bonds. The van der Waals surface area contributed by atoms with E-state index < -0.39 is 4.92 Å². The molecular weight excluding hydrogens is 184 g/mol. The highest BCUT2D eigenvalue weighted by atomic mass is 16.6. The fourth-order valence-corrected chi connectivity index (χ4v) is 1.06. The van der Waals surface area contributed by atoms with Crippen LogP contribution >= 0.6 is 0 Å². The van der Waals surface area contributed by atoms with Crippen molar-refractivity contribution in [2.45, 2.75) is 6.42 Å². The van der Waals surface area contributed by atoms with Crippen LogP contribution in [0.25, 0.3) is 0 Å². The van der Waals surface area contributed by atoms with E-state index in [1.54, 1.807) is 0 Å². The van der Waals surface area contributed by atoms with Crippen molar-refractivity contribution < 1.29 is 9.72 Å². The van der Waals surface area contributed by atoms with Crippen LogP contribution in [0.1, 0.15) is 11.1 Å². The van der Waals surface area contributed by atoms with Gasteiger partial charge >= 0.3 is 0 Å². The number of carbonyl (C=O) groups excluding carboxylic acids is 1. The monoisotopic (exact) mass is 190 g/mol. The van der Waals surface area contributed by atoms with E-state index in [2.05, 4.69) is 0 Å². The van der Waals surface area contributed by atoms with Crippen LogP contribution in [-0.2, 0) is 11.2 Å². The molecule has 1 aromatic carbocycles. The minimum Gasteiger partial charge on any atom is -0.303 e. The zero-order valence-corrected chi connectivity index (χ0v) is 7.14. The Labute approximate surface area is 79.7 Å². The summed E-state index contributed by atoms with van der Waals surface area (Å²) in [5.74, 6) is 0. The SMILES string of the molecule is N#Cc1ccc([N+](=O)[O-])cc1CC=O. The summed E-state index contributed by atoms with van der Waals surface area (Å²) in [5.41, 5.74) is 0.570. The smallest absolute Gasteiger partial charge is 0.269 e. The largest absolute Gasteiger partial charge is 0.303 e. The molecule has 14 heavy (non-hydrogen) atoms. The van der Waals surface area contributed by atoms with Crippen molar-refractivity contribution in [2.75, 3.05) is 0 Å². The minimum atomic E-state index is -0.560. The average molecular weight is 190 g/mol. The van der Waals surface area contributed by atoms with Gasteiger partial charge in [0.25, 0.3) is 5.69 Å². The Bertz CT molecular complexity index is 421. The second-order valence-corrected chi connectivity index (χ2v) is 2.58. The fourth-order valence-electron chi connectivity index (χ4n) is 1.06. The molecule has 0 aromatic heterocycles. The lowest BCUT2D eigenvalue weighted by molar-refractivity contribution is -0.384. The highest BCUT2D eigenvalue weighted by molar-refractivity contribution is 5.59. The van der Waals surface area contributed by atoms with Crippen molar-refractivity contribution in [3.8, 4) is 6.07 Å². The third-order valence-electron chi connectivity index (χ3n) is 1.72. The molecule has 0 aliphatic rings. The second-order valence-electron chi connectivity index (χ2n) is 2.58. The number of nitrogens with zero attached hydrogens (tertiary/aromatic N) is 2. The van der Waals surface area contributed by atoms with Gasteiger partial charge in [-0.15, -0.1) is 0 Å². The zero-order valence-electron chi connectivity index (χ0n) is 7.14. The lowest BCUT2D eigenvalue weighted by atomic mass is 10.1. The molecule has 1 aromatic rings. The molecule has 0 fully saturated rings. The van der Waals surface area contributed by atoms with Crippen molar-refractivity contribution in [2.24, 2.45) is 0 Å². The zero-order chi connectivity index (χ0) is 10.6. The van der Waals surface area contributed by atoms with E-state index in [1.165, 1.54) is 18.2 Å². The van der Waals surface area contributed by atoms with Gasteiger partial charge in [0, 0.05) is 18.6 Å². The van der Waals surface area contributed by atoms with E-state index in [4.69, 9.17) is 5.26 Å². The third kappa shape index (κ3) is 1.93. The summed E-state index contributed by atoms with van der Waals surface area (Å²) in [6.45, 7) is 0. The number of hydrogen-bond donors (Lipinski definition) is 0. The Balaban J connectivity index is 3.21. The summed E-state index contributed by atoms with van der Waals surface area (Å²) in [4.78, 5) is 20.1. The van der Waals surface area contributed by atoms with Gasteiger partial charge in [0.05, 0.1) is 16.6 Å². The number of nitro groups is 1. The van der Waals surface area contributed by atoms with Crippen molar-refractivity contribution in [3.05, 3.63) is 39.4 Å². The van der Waals surface area contributed by atoms with Crippen molar-refractivity contribution in [3.63, 3.8) is 0 Å². The van der Waals surface area contributed by atoms with Gasteiger partial charge in [-0.1, -0.05) is 0 Å². The van der Waals surface area contributed by atoms with Crippen LogP contribution in [-0.4, -0.2) is 11.2 Å². The van der Waals surface area contributed by atoms with Gasteiger partial charge in [0.2, 0.25) is 0 Å². The highest BCUT2D eigenvalue weighted by Gasteiger charge is 2.09. The number of hydrogen-bond acceptors (Lipinski definition) is 4. The number of nitro benzene ring substituents is 1. The van der Waals surface area contributed by atoms with Crippen LogP contribution in [0, 0.1) is 21.4 Å². The Hall–Kier alpha value is -2.22. The van der Waals surface area contributed by atoms with Crippen molar-refractivity contribution in [1.29, 1.82) is 5.26 Å². The van der Waals surface area contributed by atoms with E-state index in [0.29, 0.717) is 17.4 Å². The summed E-state index contributed by atoms with van der Waals surface area (Å²) < 4.78 is 0. The quantitative estimate of drug-likeness (QED) is 0.407. The predicted molar refractivity (Wildman–Crippen MR) is 47.6 cm³/mol. The standard InChI is InChI=1S/C9H6N2O3/c10-6-8-1-2-9(11(13)14)5-7(8)3-4-12/h1-2,4-5H,3H2. The molecule has 70 valence electrons. The van der Waals surface area contributed by atoms with Gasteiger partial charge in [-0.2, -0.15) is 5.26 Å². The Morgan fingerprint density at radius 2 is 2.29 bits per heavy atom. The van der Waals surface area contributed by atoms with Gasteiger partial charge in [0.1, 0.15) is 6.29 Å². The molecular formula is C9H6N2O3. The summed E-state index contributed by atoms with van der Waals surface area (Å²) in [6.07, 6.45) is 0.629. The van der Waals surface area contributed by atoms with Crippen LogP contribution in [0.4, 0.5) is 5.69 Å². The minimum absolute atomic E-state index is 0.0184. The topological polar surface area (TPSA) is 84.0 Å². The molecule has 5 heteroatoms. The molecule has 0 aliphatic carbocycles. The van der Waals surface area contributed by atoms with E-state index >= 15 is 0 Å². The molecule has 0 unspecified atom stereocenters. The number of carbonyl (C=O) groups is 1. The van der Waals surface area contributed by atoms with Gasteiger partial charge in [-0.3, -0.25) is 10.1 Å². The maximum atomic E-state index is 10.4. The number of benzene rings is 1. The van der Waals surface area contributed by atoms with Crippen LogP contribution in [0.15, 0.2) is 18.2 Å². The molecule has 0 atom stereocenters. The van der Waals surface area contributed by atoms with Crippen molar-refractivity contribution in [1.82, 2.24) is 0 Å². The molecule has 0 heterocycles. The fraction of sp³-hybridized carbons (Fsp3) is 0.111. The first-order valence-electron chi connectivity index (χ1n) is 3.80. The van der Waals surface area contributed by atoms with E-state index in [0.717, 1.165) is 0 Å². The molecule has 0 bridgehead atoms. The molecule has 0 N–H and O–H groups in total.